The first-order chi connectivity index (χ1) is 8.93. The Labute approximate surface area is 111 Å². The number of hydrogen-bond donors (Lipinski definition) is 0. The number of rotatable bonds is 2. The van der Waals surface area contributed by atoms with E-state index in [2.05, 4.69) is 0 Å². The summed E-state index contributed by atoms with van der Waals surface area (Å²) in [4.78, 5) is 23.9. The molecule has 0 spiro atoms. The van der Waals surface area contributed by atoms with Crippen molar-refractivity contribution in [3.63, 3.8) is 0 Å². The van der Waals surface area contributed by atoms with Crippen LogP contribution in [0.5, 0.6) is 0 Å². The van der Waals surface area contributed by atoms with Crippen molar-refractivity contribution in [1.29, 1.82) is 0 Å². The van der Waals surface area contributed by atoms with Gasteiger partial charge in [0.2, 0.25) is 11.6 Å². The predicted octanol–water partition coefficient (Wildman–Crippen LogP) is 1.42. The normalized spacial score (nSPS) is 43.9. The lowest BCUT2D eigenvalue weighted by Crippen LogP contribution is -2.67. The zero-order valence-corrected chi connectivity index (χ0v) is 11.4. The molecule has 0 radical (unpaired) electrons. The summed E-state index contributed by atoms with van der Waals surface area (Å²) in [7, 11) is 1.48. The third kappa shape index (κ3) is 1.55. The zero-order chi connectivity index (χ0) is 13.8. The molecule has 4 atom stereocenters. The van der Waals surface area contributed by atoms with Crippen molar-refractivity contribution in [3.8, 4) is 0 Å². The molecule has 0 aromatic carbocycles. The van der Waals surface area contributed by atoms with Crippen molar-refractivity contribution in [2.24, 2.45) is 17.3 Å². The molecular formula is C14H18O5. The van der Waals surface area contributed by atoms with Gasteiger partial charge in [-0.1, -0.05) is 0 Å². The Kier molecular flexibility index (Phi) is 2.63. The van der Waals surface area contributed by atoms with E-state index in [-0.39, 0.29) is 23.6 Å². The van der Waals surface area contributed by atoms with Crippen LogP contribution in [-0.2, 0) is 23.8 Å². The van der Waals surface area contributed by atoms with Gasteiger partial charge in [0.25, 0.3) is 0 Å². The van der Waals surface area contributed by atoms with Gasteiger partial charge in [-0.25, -0.2) is 0 Å². The first kappa shape index (κ1) is 12.8. The zero-order valence-electron chi connectivity index (χ0n) is 11.4. The topological polar surface area (TPSA) is 61.8 Å². The van der Waals surface area contributed by atoms with E-state index in [1.807, 2.05) is 6.92 Å². The van der Waals surface area contributed by atoms with Gasteiger partial charge in [0.15, 0.2) is 0 Å². The molecule has 4 aliphatic rings. The molecule has 0 aromatic heterocycles. The molecule has 0 N–H and O–H groups in total. The monoisotopic (exact) mass is 266 g/mol. The second-order valence-corrected chi connectivity index (χ2v) is 5.84. The standard InChI is InChI=1S/C14H18O5/c1-8(15)19-10-7-13(2)6-9-4-5-18-14(17-3,11(9)10)12(13)16/h7,9,11H,4-6H2,1-3H3/t9-,11-,13+,14-/m1/s1. The van der Waals surface area contributed by atoms with Crippen molar-refractivity contribution in [2.45, 2.75) is 32.5 Å². The summed E-state index contributed by atoms with van der Waals surface area (Å²) in [6.45, 7) is 3.73. The third-order valence-corrected chi connectivity index (χ3v) is 4.54. The summed E-state index contributed by atoms with van der Waals surface area (Å²) in [6, 6.07) is 0. The maximum absolute atomic E-state index is 12.7. The molecule has 2 fully saturated rings. The fourth-order valence-corrected chi connectivity index (χ4v) is 3.88. The molecule has 0 amide bonds. The number of carbonyl (C=O) groups excluding carboxylic acids is 2. The minimum atomic E-state index is -1.27. The van der Waals surface area contributed by atoms with Crippen LogP contribution in [0.15, 0.2) is 11.8 Å². The van der Waals surface area contributed by atoms with Crippen LogP contribution >= 0.6 is 0 Å². The van der Waals surface area contributed by atoms with Crippen LogP contribution in [0.1, 0.15) is 26.7 Å². The molecule has 104 valence electrons. The maximum atomic E-state index is 12.7. The number of methoxy groups -OCH3 is 1. The second-order valence-electron chi connectivity index (χ2n) is 5.84. The van der Waals surface area contributed by atoms with Crippen LogP contribution in [0.3, 0.4) is 0 Å². The van der Waals surface area contributed by atoms with Gasteiger partial charge in [-0.15, -0.1) is 0 Å². The highest BCUT2D eigenvalue weighted by molar-refractivity contribution is 5.96. The van der Waals surface area contributed by atoms with E-state index in [1.54, 1.807) is 6.08 Å². The Morgan fingerprint density at radius 2 is 2.26 bits per heavy atom. The van der Waals surface area contributed by atoms with Gasteiger partial charge in [0, 0.05) is 14.0 Å². The Bertz CT molecular complexity index is 482. The second kappa shape index (κ2) is 3.90. The average molecular weight is 266 g/mol. The van der Waals surface area contributed by atoms with Crippen molar-refractivity contribution < 1.29 is 23.8 Å². The molecule has 0 unspecified atom stereocenters. The Balaban J connectivity index is 2.12. The molecule has 5 heteroatoms. The number of esters is 1. The molecule has 1 saturated carbocycles. The molecule has 4 rings (SSSR count). The Morgan fingerprint density at radius 3 is 2.89 bits per heavy atom. The fraction of sp³-hybridized carbons (Fsp3) is 0.714. The SMILES string of the molecule is CO[C@@]12OCC[C@@H]3C[C@@](C)(C=C(OC(C)=O)[C@@H]31)C2=O. The van der Waals surface area contributed by atoms with Crippen LogP contribution in [0.4, 0.5) is 0 Å². The fourth-order valence-electron chi connectivity index (χ4n) is 3.88. The molecule has 3 aliphatic carbocycles. The molecule has 4 bridgehead atoms. The summed E-state index contributed by atoms with van der Waals surface area (Å²) in [5, 5.41) is 0. The quantitative estimate of drug-likeness (QED) is 0.707. The molecule has 0 aromatic rings. The smallest absolute Gasteiger partial charge is 0.307 e. The highest BCUT2D eigenvalue weighted by Crippen LogP contribution is 2.58. The van der Waals surface area contributed by atoms with Crippen LogP contribution in [-0.4, -0.2) is 31.3 Å². The number of ether oxygens (including phenoxy) is 3. The van der Waals surface area contributed by atoms with Crippen molar-refractivity contribution in [3.05, 3.63) is 11.8 Å². The largest absolute Gasteiger partial charge is 0.431 e. The number of Topliss-reactive ketones (excluding diaryl/α,β-unsaturated/α-hetero) is 1. The minimum Gasteiger partial charge on any atom is -0.431 e. The lowest BCUT2D eigenvalue weighted by Gasteiger charge is -2.57. The molecule has 1 aliphatic heterocycles. The number of allylic oxidation sites excluding steroid dienone is 1. The highest BCUT2D eigenvalue weighted by atomic mass is 16.7. The van der Waals surface area contributed by atoms with Gasteiger partial charge in [0.05, 0.1) is 17.9 Å². The Morgan fingerprint density at radius 1 is 1.53 bits per heavy atom. The van der Waals surface area contributed by atoms with Crippen LogP contribution in [0.2, 0.25) is 0 Å². The molecule has 1 saturated heterocycles. The molecule has 5 nitrogen and oxygen atoms in total. The summed E-state index contributed by atoms with van der Waals surface area (Å²) >= 11 is 0. The van der Waals surface area contributed by atoms with Gasteiger partial charge in [-0.3, -0.25) is 9.59 Å². The van der Waals surface area contributed by atoms with Gasteiger partial charge >= 0.3 is 5.97 Å². The van der Waals surface area contributed by atoms with E-state index >= 15 is 0 Å². The van der Waals surface area contributed by atoms with E-state index in [4.69, 9.17) is 14.2 Å². The first-order valence-electron chi connectivity index (χ1n) is 6.58. The van der Waals surface area contributed by atoms with Gasteiger partial charge in [-0.05, 0) is 31.8 Å². The summed E-state index contributed by atoms with van der Waals surface area (Å²) in [5.41, 5.74) is -0.666. The van der Waals surface area contributed by atoms with E-state index in [1.165, 1.54) is 14.0 Å². The summed E-state index contributed by atoms with van der Waals surface area (Å²) in [6.07, 6.45) is 3.41. The lowest BCUT2D eigenvalue weighted by atomic mass is 9.55. The molecule has 19 heavy (non-hydrogen) atoms. The Hall–Kier alpha value is -1.20. The van der Waals surface area contributed by atoms with E-state index in [0.717, 1.165) is 12.8 Å². The van der Waals surface area contributed by atoms with E-state index < -0.39 is 11.2 Å². The van der Waals surface area contributed by atoms with Gasteiger partial charge in [-0.2, -0.15) is 0 Å². The number of carbonyl (C=O) groups is 2. The molecule has 1 heterocycles. The van der Waals surface area contributed by atoms with Gasteiger partial charge < -0.3 is 14.2 Å². The average Bonchev–Trinajstić information content (AvgIpc) is 2.34. The van der Waals surface area contributed by atoms with Crippen molar-refractivity contribution in [2.75, 3.05) is 13.7 Å². The third-order valence-electron chi connectivity index (χ3n) is 4.54. The number of ketones is 1. The lowest BCUT2D eigenvalue weighted by molar-refractivity contribution is -0.287. The summed E-state index contributed by atoms with van der Waals surface area (Å²) in [5.74, 6) is -1.21. The number of hydrogen-bond acceptors (Lipinski definition) is 5. The first-order valence-corrected chi connectivity index (χ1v) is 6.58. The maximum Gasteiger partial charge on any atom is 0.307 e. The van der Waals surface area contributed by atoms with Crippen molar-refractivity contribution in [1.82, 2.24) is 0 Å². The van der Waals surface area contributed by atoms with Crippen molar-refractivity contribution >= 4 is 11.8 Å². The van der Waals surface area contributed by atoms with Crippen LogP contribution < -0.4 is 0 Å². The van der Waals surface area contributed by atoms with Gasteiger partial charge in [0.1, 0.15) is 5.76 Å². The van der Waals surface area contributed by atoms with Crippen LogP contribution in [0.25, 0.3) is 0 Å². The summed E-state index contributed by atoms with van der Waals surface area (Å²) < 4.78 is 16.5. The highest BCUT2D eigenvalue weighted by Gasteiger charge is 2.67. The predicted molar refractivity (Wildman–Crippen MR) is 64.9 cm³/mol. The van der Waals surface area contributed by atoms with E-state index in [9.17, 15) is 9.59 Å². The van der Waals surface area contributed by atoms with E-state index in [0.29, 0.717) is 12.4 Å². The molecular weight excluding hydrogens is 248 g/mol. The van der Waals surface area contributed by atoms with Crippen LogP contribution in [0, 0.1) is 17.3 Å². The minimum absolute atomic E-state index is 0.0562.